The Kier molecular flexibility index (Phi) is 3.19. The van der Waals surface area contributed by atoms with Crippen LogP contribution >= 0.6 is 11.6 Å². The van der Waals surface area contributed by atoms with Gasteiger partial charge in [-0.3, -0.25) is 0 Å². The molecule has 0 saturated heterocycles. The maximum Gasteiger partial charge on any atom is 0.0200 e. The van der Waals surface area contributed by atoms with Crippen LogP contribution in [0.25, 0.3) is 0 Å². The van der Waals surface area contributed by atoms with E-state index in [-0.39, 0.29) is 10.8 Å². The van der Waals surface area contributed by atoms with Crippen LogP contribution in [-0.4, -0.2) is 0 Å². The summed E-state index contributed by atoms with van der Waals surface area (Å²) in [5.41, 5.74) is 0.277. The summed E-state index contributed by atoms with van der Waals surface area (Å²) in [6.07, 6.45) is 2.12. The van der Waals surface area contributed by atoms with E-state index in [1.807, 2.05) is 0 Å². The van der Waals surface area contributed by atoms with Gasteiger partial charge in [-0.2, -0.15) is 0 Å². The molecule has 1 heteroatoms. The van der Waals surface area contributed by atoms with Gasteiger partial charge in [0, 0.05) is 5.03 Å². The highest BCUT2D eigenvalue weighted by Gasteiger charge is 2.17. The Labute approximate surface area is 75.6 Å². The van der Waals surface area contributed by atoms with Gasteiger partial charge in [0.25, 0.3) is 0 Å². The first-order valence-corrected chi connectivity index (χ1v) is 4.39. The summed E-state index contributed by atoms with van der Waals surface area (Å²) in [6, 6.07) is 0. The van der Waals surface area contributed by atoms with E-state index in [1.165, 1.54) is 0 Å². The van der Waals surface area contributed by atoms with E-state index < -0.39 is 0 Å². The Morgan fingerprint density at radius 3 is 1.45 bits per heavy atom. The van der Waals surface area contributed by atoms with E-state index in [2.05, 4.69) is 47.6 Å². The summed E-state index contributed by atoms with van der Waals surface area (Å²) in [6.45, 7) is 12.8. The molecule has 66 valence electrons. The van der Waals surface area contributed by atoms with Crippen molar-refractivity contribution < 1.29 is 0 Å². The molecule has 0 nitrogen and oxygen atoms in total. The van der Waals surface area contributed by atoms with Gasteiger partial charge in [0.15, 0.2) is 0 Å². The summed E-state index contributed by atoms with van der Waals surface area (Å²) >= 11 is 6.10. The van der Waals surface area contributed by atoms with Crippen LogP contribution in [0.4, 0.5) is 0 Å². The highest BCUT2D eigenvalue weighted by Crippen LogP contribution is 2.32. The number of allylic oxidation sites excluding steroid dienone is 2. The standard InChI is InChI=1S/C10H19Cl/c1-9(2,3)7-8(11)10(4,5)6/h7H,1-6H3/b8-7+. The predicted octanol–water partition coefficient (Wildman–Crippen LogP) is 4.20. The lowest BCUT2D eigenvalue weighted by Gasteiger charge is -2.21. The van der Waals surface area contributed by atoms with Crippen molar-refractivity contribution in [3.05, 3.63) is 11.1 Å². The summed E-state index contributed by atoms with van der Waals surface area (Å²) in [5.74, 6) is 0. The first kappa shape index (κ1) is 11.0. The number of hydrogen-bond acceptors (Lipinski definition) is 0. The molecule has 0 radical (unpaired) electrons. The molecule has 0 atom stereocenters. The fraction of sp³-hybridized carbons (Fsp3) is 0.800. The molecule has 11 heavy (non-hydrogen) atoms. The minimum Gasteiger partial charge on any atom is -0.0889 e. The predicted molar refractivity (Wildman–Crippen MR) is 52.8 cm³/mol. The van der Waals surface area contributed by atoms with Crippen LogP contribution in [-0.2, 0) is 0 Å². The second-order valence-corrected chi connectivity index (χ2v) is 5.52. The van der Waals surface area contributed by atoms with Crippen molar-refractivity contribution in [2.45, 2.75) is 41.5 Å². The minimum absolute atomic E-state index is 0.0921. The highest BCUT2D eigenvalue weighted by molar-refractivity contribution is 6.30. The van der Waals surface area contributed by atoms with Gasteiger partial charge in [-0.05, 0) is 10.8 Å². The molecule has 0 unspecified atom stereocenters. The van der Waals surface area contributed by atoms with E-state index >= 15 is 0 Å². The molecule has 0 spiro atoms. The van der Waals surface area contributed by atoms with Crippen molar-refractivity contribution in [2.75, 3.05) is 0 Å². The Hall–Kier alpha value is 0.0300. The summed E-state index contributed by atoms with van der Waals surface area (Å²) in [5, 5.41) is 0.949. The molecule has 0 aromatic heterocycles. The van der Waals surface area contributed by atoms with Gasteiger partial charge >= 0.3 is 0 Å². The van der Waals surface area contributed by atoms with Gasteiger partial charge in [-0.25, -0.2) is 0 Å². The molecule has 0 amide bonds. The fourth-order valence-electron chi connectivity index (χ4n) is 0.597. The second-order valence-electron chi connectivity index (χ2n) is 5.11. The molecule has 0 bridgehead atoms. The van der Waals surface area contributed by atoms with Crippen LogP contribution in [0.15, 0.2) is 11.1 Å². The van der Waals surface area contributed by atoms with Crippen LogP contribution in [0.5, 0.6) is 0 Å². The molecule has 0 aromatic carbocycles. The number of halogens is 1. The summed E-state index contributed by atoms with van der Waals surface area (Å²) < 4.78 is 0. The van der Waals surface area contributed by atoms with Crippen molar-refractivity contribution in [2.24, 2.45) is 10.8 Å². The van der Waals surface area contributed by atoms with Crippen LogP contribution in [0.2, 0.25) is 0 Å². The lowest BCUT2D eigenvalue weighted by Crippen LogP contribution is -2.09. The smallest absolute Gasteiger partial charge is 0.0200 e. The number of rotatable bonds is 0. The van der Waals surface area contributed by atoms with E-state index in [1.54, 1.807) is 0 Å². The van der Waals surface area contributed by atoms with Crippen molar-refractivity contribution in [3.8, 4) is 0 Å². The molecule has 0 N–H and O–H groups in total. The summed E-state index contributed by atoms with van der Waals surface area (Å²) in [4.78, 5) is 0. The molecule has 0 aromatic rings. The van der Waals surface area contributed by atoms with Crippen LogP contribution in [0.3, 0.4) is 0 Å². The minimum atomic E-state index is 0.0921. The molecule has 0 fully saturated rings. The molecule has 0 saturated carbocycles. The largest absolute Gasteiger partial charge is 0.0889 e. The van der Waals surface area contributed by atoms with Gasteiger partial charge < -0.3 is 0 Å². The van der Waals surface area contributed by atoms with Crippen molar-refractivity contribution >= 4 is 11.6 Å². The Morgan fingerprint density at radius 2 is 1.36 bits per heavy atom. The maximum atomic E-state index is 6.10. The van der Waals surface area contributed by atoms with Crippen molar-refractivity contribution in [1.29, 1.82) is 0 Å². The van der Waals surface area contributed by atoms with Crippen LogP contribution in [0, 0.1) is 10.8 Å². The zero-order chi connectivity index (χ0) is 9.28. The van der Waals surface area contributed by atoms with Crippen LogP contribution in [0.1, 0.15) is 41.5 Å². The highest BCUT2D eigenvalue weighted by atomic mass is 35.5. The average molecular weight is 175 g/mol. The third-order valence-electron chi connectivity index (χ3n) is 1.28. The monoisotopic (exact) mass is 174 g/mol. The molecular formula is C10H19Cl. The van der Waals surface area contributed by atoms with Gasteiger partial charge in [-0.1, -0.05) is 59.2 Å². The van der Waals surface area contributed by atoms with E-state index in [4.69, 9.17) is 11.6 Å². The maximum absolute atomic E-state index is 6.10. The Morgan fingerprint density at radius 1 is 1.00 bits per heavy atom. The topological polar surface area (TPSA) is 0 Å². The normalized spacial score (nSPS) is 15.4. The first-order chi connectivity index (χ1) is 4.63. The molecule has 0 aliphatic carbocycles. The quantitative estimate of drug-likeness (QED) is 0.517. The van der Waals surface area contributed by atoms with Gasteiger partial charge in [-0.15, -0.1) is 0 Å². The molecular weight excluding hydrogens is 156 g/mol. The molecule has 0 rings (SSSR count). The zero-order valence-electron chi connectivity index (χ0n) is 8.46. The zero-order valence-corrected chi connectivity index (χ0v) is 9.21. The van der Waals surface area contributed by atoms with Gasteiger partial charge in [0.05, 0.1) is 0 Å². The Balaban J connectivity index is 4.49. The molecule has 0 aliphatic heterocycles. The lowest BCUT2D eigenvalue weighted by molar-refractivity contribution is 0.492. The third-order valence-corrected chi connectivity index (χ3v) is 1.95. The van der Waals surface area contributed by atoms with E-state index in [0.717, 1.165) is 5.03 Å². The van der Waals surface area contributed by atoms with Gasteiger partial charge in [0.1, 0.15) is 0 Å². The third kappa shape index (κ3) is 5.32. The average Bonchev–Trinajstić information content (AvgIpc) is 1.56. The molecule has 0 aliphatic rings. The Bertz CT molecular complexity index is 153. The van der Waals surface area contributed by atoms with Crippen molar-refractivity contribution in [3.63, 3.8) is 0 Å². The molecule has 0 heterocycles. The fourth-order valence-corrected chi connectivity index (χ4v) is 0.924. The van der Waals surface area contributed by atoms with Gasteiger partial charge in [0.2, 0.25) is 0 Å². The van der Waals surface area contributed by atoms with E-state index in [9.17, 15) is 0 Å². The van der Waals surface area contributed by atoms with Crippen molar-refractivity contribution in [1.82, 2.24) is 0 Å². The summed E-state index contributed by atoms with van der Waals surface area (Å²) in [7, 11) is 0. The lowest BCUT2D eigenvalue weighted by atomic mass is 9.89. The van der Waals surface area contributed by atoms with Crippen LogP contribution < -0.4 is 0 Å². The van der Waals surface area contributed by atoms with E-state index in [0.29, 0.717) is 0 Å². The first-order valence-electron chi connectivity index (χ1n) is 4.02. The number of hydrogen-bond donors (Lipinski definition) is 0. The SMILES string of the molecule is CC(C)(C)/C=C(/Cl)C(C)(C)C. The second kappa shape index (κ2) is 3.18.